The average Bonchev–Trinajstić information content (AvgIpc) is 3.23. The fourth-order valence-corrected chi connectivity index (χ4v) is 3.81. The van der Waals surface area contributed by atoms with Crippen molar-refractivity contribution < 1.29 is 13.9 Å². The highest BCUT2D eigenvalue weighted by atomic mass is 19.1. The number of rotatable bonds is 3. The van der Waals surface area contributed by atoms with Crippen molar-refractivity contribution in [2.24, 2.45) is 0 Å². The number of aromatic nitrogens is 4. The van der Waals surface area contributed by atoms with E-state index in [2.05, 4.69) is 15.1 Å². The molecule has 2 aromatic heterocycles. The topological polar surface area (TPSA) is 76.4 Å². The molecule has 5 rings (SSSR count). The van der Waals surface area contributed by atoms with Crippen LogP contribution >= 0.6 is 0 Å². The van der Waals surface area contributed by atoms with E-state index in [1.165, 1.54) is 24.3 Å². The standard InChI is InChI=1S/C21H21FN6O2/c22-16-6-4-15(5-7-16)21(29)27-8-9-28-19(14-27)24-25-20(28)17-2-1-3-18(23-17)26-10-12-30-13-11-26/h1-7H,8-14H2. The fourth-order valence-electron chi connectivity index (χ4n) is 3.81. The number of halogens is 1. The van der Waals surface area contributed by atoms with Crippen molar-refractivity contribution in [1.82, 2.24) is 24.6 Å². The number of carbonyl (C=O) groups is 1. The summed E-state index contributed by atoms with van der Waals surface area (Å²) in [4.78, 5) is 21.4. The molecule has 30 heavy (non-hydrogen) atoms. The van der Waals surface area contributed by atoms with Gasteiger partial charge in [-0.2, -0.15) is 0 Å². The minimum Gasteiger partial charge on any atom is -0.378 e. The maximum absolute atomic E-state index is 13.1. The van der Waals surface area contributed by atoms with Crippen LogP contribution in [0.3, 0.4) is 0 Å². The molecular weight excluding hydrogens is 387 g/mol. The largest absolute Gasteiger partial charge is 0.378 e. The van der Waals surface area contributed by atoms with Crippen LogP contribution in [0.1, 0.15) is 16.2 Å². The van der Waals surface area contributed by atoms with Crippen LogP contribution in [-0.2, 0) is 17.8 Å². The highest BCUT2D eigenvalue weighted by molar-refractivity contribution is 5.94. The summed E-state index contributed by atoms with van der Waals surface area (Å²) in [7, 11) is 0. The second-order valence-corrected chi connectivity index (χ2v) is 7.31. The zero-order valence-electron chi connectivity index (χ0n) is 16.4. The molecule has 0 aliphatic carbocycles. The minimum absolute atomic E-state index is 0.141. The summed E-state index contributed by atoms with van der Waals surface area (Å²) in [6, 6.07) is 11.5. The molecule has 1 amide bonds. The third-order valence-electron chi connectivity index (χ3n) is 5.43. The Morgan fingerprint density at radius 2 is 1.77 bits per heavy atom. The minimum atomic E-state index is -0.360. The van der Waals surface area contributed by atoms with Gasteiger partial charge in [-0.25, -0.2) is 9.37 Å². The lowest BCUT2D eigenvalue weighted by Gasteiger charge is -2.29. The third-order valence-corrected chi connectivity index (χ3v) is 5.43. The molecule has 1 aromatic carbocycles. The molecule has 3 aromatic rings. The summed E-state index contributed by atoms with van der Waals surface area (Å²) < 4.78 is 20.6. The Kier molecular flexibility index (Phi) is 4.88. The van der Waals surface area contributed by atoms with Crippen LogP contribution in [0.4, 0.5) is 10.2 Å². The number of nitrogens with zero attached hydrogens (tertiary/aromatic N) is 6. The Hall–Kier alpha value is -3.33. The van der Waals surface area contributed by atoms with Gasteiger partial charge in [-0.15, -0.1) is 10.2 Å². The van der Waals surface area contributed by atoms with Gasteiger partial charge in [0.15, 0.2) is 11.6 Å². The van der Waals surface area contributed by atoms with Crippen LogP contribution in [0, 0.1) is 5.82 Å². The summed E-state index contributed by atoms with van der Waals surface area (Å²) in [5.41, 5.74) is 1.22. The Morgan fingerprint density at radius 1 is 0.967 bits per heavy atom. The number of benzene rings is 1. The van der Waals surface area contributed by atoms with Gasteiger partial charge in [0.2, 0.25) is 0 Å². The molecule has 9 heteroatoms. The smallest absolute Gasteiger partial charge is 0.254 e. The van der Waals surface area contributed by atoms with Crippen LogP contribution < -0.4 is 4.90 Å². The number of hydrogen-bond acceptors (Lipinski definition) is 6. The number of anilines is 1. The third kappa shape index (κ3) is 3.52. The Balaban J connectivity index is 1.36. The summed E-state index contributed by atoms with van der Waals surface area (Å²) >= 11 is 0. The number of hydrogen-bond donors (Lipinski definition) is 0. The van der Waals surface area contributed by atoms with Crippen molar-refractivity contribution in [1.29, 1.82) is 0 Å². The van der Waals surface area contributed by atoms with Crippen LogP contribution in [0.5, 0.6) is 0 Å². The molecule has 0 radical (unpaired) electrons. The van der Waals surface area contributed by atoms with Gasteiger partial charge in [-0.3, -0.25) is 4.79 Å². The molecule has 0 atom stereocenters. The molecule has 0 bridgehead atoms. The van der Waals surface area contributed by atoms with Crippen molar-refractivity contribution >= 4 is 11.7 Å². The van der Waals surface area contributed by atoms with E-state index >= 15 is 0 Å². The van der Waals surface area contributed by atoms with Crippen LogP contribution in [-0.4, -0.2) is 63.4 Å². The van der Waals surface area contributed by atoms with Crippen molar-refractivity contribution in [3.63, 3.8) is 0 Å². The van der Waals surface area contributed by atoms with Crippen molar-refractivity contribution in [2.45, 2.75) is 13.1 Å². The molecule has 0 saturated carbocycles. The maximum Gasteiger partial charge on any atom is 0.254 e. The molecule has 2 aliphatic heterocycles. The van der Waals surface area contributed by atoms with Crippen molar-refractivity contribution in [3.05, 3.63) is 59.7 Å². The van der Waals surface area contributed by atoms with E-state index in [0.29, 0.717) is 50.1 Å². The first-order chi connectivity index (χ1) is 14.7. The Bertz CT molecular complexity index is 1060. The normalized spacial score (nSPS) is 16.4. The predicted octanol–water partition coefficient (Wildman–Crippen LogP) is 1.97. The molecule has 4 heterocycles. The van der Waals surface area contributed by atoms with E-state index in [1.54, 1.807) is 4.90 Å². The summed E-state index contributed by atoms with van der Waals surface area (Å²) in [5.74, 6) is 1.82. The van der Waals surface area contributed by atoms with E-state index in [1.807, 2.05) is 22.8 Å². The highest BCUT2D eigenvalue weighted by Crippen LogP contribution is 2.24. The second-order valence-electron chi connectivity index (χ2n) is 7.31. The maximum atomic E-state index is 13.1. The van der Waals surface area contributed by atoms with Gasteiger partial charge in [-0.05, 0) is 36.4 Å². The molecule has 154 valence electrons. The van der Waals surface area contributed by atoms with E-state index in [9.17, 15) is 9.18 Å². The predicted molar refractivity (Wildman–Crippen MR) is 107 cm³/mol. The second kappa shape index (κ2) is 7.83. The van der Waals surface area contributed by atoms with Gasteiger partial charge in [0, 0.05) is 31.7 Å². The molecule has 1 saturated heterocycles. The molecule has 0 spiro atoms. The number of carbonyl (C=O) groups excluding carboxylic acids is 1. The lowest BCUT2D eigenvalue weighted by atomic mass is 10.2. The van der Waals surface area contributed by atoms with E-state index in [0.717, 1.165) is 24.6 Å². The average molecular weight is 408 g/mol. The summed E-state index contributed by atoms with van der Waals surface area (Å²) in [6.07, 6.45) is 0. The number of ether oxygens (including phenoxy) is 1. The quantitative estimate of drug-likeness (QED) is 0.660. The van der Waals surface area contributed by atoms with Crippen LogP contribution in [0.25, 0.3) is 11.5 Å². The molecular formula is C21H21FN6O2. The van der Waals surface area contributed by atoms with Gasteiger partial charge in [0.05, 0.1) is 19.8 Å². The number of morpholine rings is 1. The Morgan fingerprint density at radius 3 is 2.57 bits per heavy atom. The first-order valence-electron chi connectivity index (χ1n) is 9.96. The van der Waals surface area contributed by atoms with Gasteiger partial charge in [0.25, 0.3) is 5.91 Å². The molecule has 0 unspecified atom stereocenters. The molecule has 8 nitrogen and oxygen atoms in total. The van der Waals surface area contributed by atoms with Gasteiger partial charge >= 0.3 is 0 Å². The van der Waals surface area contributed by atoms with E-state index in [4.69, 9.17) is 9.72 Å². The van der Waals surface area contributed by atoms with Gasteiger partial charge < -0.3 is 19.1 Å². The number of fused-ring (bicyclic) bond motifs is 1. The highest BCUT2D eigenvalue weighted by Gasteiger charge is 2.26. The number of amides is 1. The van der Waals surface area contributed by atoms with Crippen molar-refractivity contribution in [2.75, 3.05) is 37.7 Å². The van der Waals surface area contributed by atoms with Crippen molar-refractivity contribution in [3.8, 4) is 11.5 Å². The zero-order chi connectivity index (χ0) is 20.5. The van der Waals surface area contributed by atoms with E-state index < -0.39 is 0 Å². The lowest BCUT2D eigenvalue weighted by molar-refractivity contribution is 0.0708. The Labute approximate surface area is 172 Å². The molecule has 2 aliphatic rings. The number of pyridine rings is 1. The zero-order valence-corrected chi connectivity index (χ0v) is 16.4. The SMILES string of the molecule is O=C(c1ccc(F)cc1)N1CCn2c(nnc2-c2cccc(N3CCOCC3)n2)C1. The fraction of sp³-hybridized carbons (Fsp3) is 0.333. The first-order valence-corrected chi connectivity index (χ1v) is 9.96. The summed E-state index contributed by atoms with van der Waals surface area (Å²) in [6.45, 7) is 4.48. The first kappa shape index (κ1) is 18.7. The van der Waals surface area contributed by atoms with E-state index in [-0.39, 0.29) is 11.7 Å². The van der Waals surface area contributed by atoms with Gasteiger partial charge in [0.1, 0.15) is 17.3 Å². The summed E-state index contributed by atoms with van der Waals surface area (Å²) in [5, 5.41) is 8.65. The van der Waals surface area contributed by atoms with Gasteiger partial charge in [-0.1, -0.05) is 6.07 Å². The van der Waals surface area contributed by atoms with Crippen LogP contribution in [0.2, 0.25) is 0 Å². The molecule has 0 N–H and O–H groups in total. The molecule has 1 fully saturated rings. The lowest BCUT2D eigenvalue weighted by Crippen LogP contribution is -2.38. The van der Waals surface area contributed by atoms with Crippen LogP contribution in [0.15, 0.2) is 42.5 Å². The monoisotopic (exact) mass is 408 g/mol.